The van der Waals surface area contributed by atoms with Gasteiger partial charge in [0, 0.05) is 23.0 Å². The summed E-state index contributed by atoms with van der Waals surface area (Å²) in [5, 5.41) is 4.27. The van der Waals surface area contributed by atoms with Gasteiger partial charge in [-0.2, -0.15) is 0 Å². The third-order valence-electron chi connectivity index (χ3n) is 2.56. The summed E-state index contributed by atoms with van der Waals surface area (Å²) in [5.41, 5.74) is 1.40. The van der Waals surface area contributed by atoms with Gasteiger partial charge in [-0.3, -0.25) is 0 Å². The first-order valence-electron chi connectivity index (χ1n) is 5.41. The van der Waals surface area contributed by atoms with Crippen molar-refractivity contribution in [3.05, 3.63) is 34.9 Å². The SMILES string of the molecule is CC(C)NCC(C)(C)c1cccc(Cl)c1. The Balaban J connectivity index is 2.76. The highest BCUT2D eigenvalue weighted by molar-refractivity contribution is 6.30. The van der Waals surface area contributed by atoms with Crippen LogP contribution in [0.4, 0.5) is 0 Å². The average Bonchev–Trinajstić information content (AvgIpc) is 2.15. The summed E-state index contributed by atoms with van der Waals surface area (Å²) >= 11 is 5.99. The van der Waals surface area contributed by atoms with Gasteiger partial charge in [0.05, 0.1) is 0 Å². The van der Waals surface area contributed by atoms with Crippen LogP contribution in [0.1, 0.15) is 33.3 Å². The molecule has 1 aromatic carbocycles. The molecule has 0 atom stereocenters. The first kappa shape index (κ1) is 12.5. The van der Waals surface area contributed by atoms with Crippen LogP contribution in [0.25, 0.3) is 0 Å². The van der Waals surface area contributed by atoms with E-state index in [-0.39, 0.29) is 5.41 Å². The van der Waals surface area contributed by atoms with Crippen molar-refractivity contribution in [2.75, 3.05) is 6.54 Å². The molecule has 1 N–H and O–H groups in total. The molecule has 0 bridgehead atoms. The molecule has 0 amide bonds. The lowest BCUT2D eigenvalue weighted by Crippen LogP contribution is -2.36. The minimum Gasteiger partial charge on any atom is -0.314 e. The number of benzene rings is 1. The molecule has 0 aromatic heterocycles. The molecule has 1 nitrogen and oxygen atoms in total. The van der Waals surface area contributed by atoms with Crippen molar-refractivity contribution in [2.45, 2.75) is 39.2 Å². The van der Waals surface area contributed by atoms with Gasteiger partial charge < -0.3 is 5.32 Å². The number of hydrogen-bond donors (Lipinski definition) is 1. The first-order valence-corrected chi connectivity index (χ1v) is 5.79. The molecule has 84 valence electrons. The Kier molecular flexibility index (Phi) is 4.18. The third-order valence-corrected chi connectivity index (χ3v) is 2.79. The molecule has 0 radical (unpaired) electrons. The van der Waals surface area contributed by atoms with E-state index in [1.54, 1.807) is 0 Å². The number of halogens is 1. The summed E-state index contributed by atoms with van der Waals surface area (Å²) < 4.78 is 0. The molecule has 0 aliphatic rings. The smallest absolute Gasteiger partial charge is 0.0408 e. The fourth-order valence-corrected chi connectivity index (χ4v) is 1.66. The van der Waals surface area contributed by atoms with Crippen molar-refractivity contribution in [2.24, 2.45) is 0 Å². The van der Waals surface area contributed by atoms with E-state index >= 15 is 0 Å². The largest absolute Gasteiger partial charge is 0.314 e. The molecule has 2 heteroatoms. The Morgan fingerprint density at radius 2 is 2.00 bits per heavy atom. The summed E-state index contributed by atoms with van der Waals surface area (Å²) in [5.74, 6) is 0. The molecule has 0 aliphatic heterocycles. The van der Waals surface area contributed by atoms with Crippen LogP contribution in [-0.2, 0) is 5.41 Å². The predicted octanol–water partition coefficient (Wildman–Crippen LogP) is 3.62. The molecule has 0 heterocycles. The highest BCUT2D eigenvalue weighted by atomic mass is 35.5. The zero-order valence-electron chi connectivity index (χ0n) is 9.97. The van der Waals surface area contributed by atoms with Crippen LogP contribution < -0.4 is 5.32 Å². The molecule has 15 heavy (non-hydrogen) atoms. The van der Waals surface area contributed by atoms with Gasteiger partial charge in [0.1, 0.15) is 0 Å². The average molecular weight is 226 g/mol. The van der Waals surface area contributed by atoms with Crippen LogP contribution >= 0.6 is 11.6 Å². The van der Waals surface area contributed by atoms with E-state index in [1.807, 2.05) is 18.2 Å². The predicted molar refractivity (Wildman–Crippen MR) is 67.6 cm³/mol. The molecule has 0 saturated heterocycles. The monoisotopic (exact) mass is 225 g/mol. The van der Waals surface area contributed by atoms with Crippen LogP contribution in [0.5, 0.6) is 0 Å². The van der Waals surface area contributed by atoms with E-state index in [0.717, 1.165) is 11.6 Å². The normalized spacial score (nSPS) is 12.1. The summed E-state index contributed by atoms with van der Waals surface area (Å²) in [6.45, 7) is 9.75. The van der Waals surface area contributed by atoms with Gasteiger partial charge in [-0.1, -0.05) is 51.4 Å². The van der Waals surface area contributed by atoms with Gasteiger partial charge in [-0.15, -0.1) is 0 Å². The summed E-state index contributed by atoms with van der Waals surface area (Å²) in [7, 11) is 0. The molecular weight excluding hydrogens is 206 g/mol. The maximum absolute atomic E-state index is 5.99. The third kappa shape index (κ3) is 3.84. The van der Waals surface area contributed by atoms with Crippen molar-refractivity contribution in [1.82, 2.24) is 5.32 Å². The van der Waals surface area contributed by atoms with Crippen LogP contribution in [0.15, 0.2) is 24.3 Å². The van der Waals surface area contributed by atoms with Crippen LogP contribution in [0, 0.1) is 0 Å². The molecule has 1 aromatic rings. The lowest BCUT2D eigenvalue weighted by molar-refractivity contribution is 0.441. The highest BCUT2D eigenvalue weighted by Gasteiger charge is 2.20. The zero-order valence-corrected chi connectivity index (χ0v) is 10.7. The van der Waals surface area contributed by atoms with Crippen molar-refractivity contribution < 1.29 is 0 Å². The second kappa shape index (κ2) is 5.00. The molecule has 0 spiro atoms. The Morgan fingerprint density at radius 1 is 1.33 bits per heavy atom. The highest BCUT2D eigenvalue weighted by Crippen LogP contribution is 2.24. The van der Waals surface area contributed by atoms with Gasteiger partial charge in [0.2, 0.25) is 0 Å². The lowest BCUT2D eigenvalue weighted by atomic mass is 9.84. The molecule has 0 saturated carbocycles. The van der Waals surface area contributed by atoms with Crippen LogP contribution in [0.3, 0.4) is 0 Å². The topological polar surface area (TPSA) is 12.0 Å². The Labute approximate surface area is 97.8 Å². The summed E-state index contributed by atoms with van der Waals surface area (Å²) in [6.07, 6.45) is 0. The Bertz CT molecular complexity index is 318. The van der Waals surface area contributed by atoms with Crippen LogP contribution in [-0.4, -0.2) is 12.6 Å². The van der Waals surface area contributed by atoms with Crippen LogP contribution in [0.2, 0.25) is 5.02 Å². The first-order chi connectivity index (χ1) is 6.92. The number of hydrogen-bond acceptors (Lipinski definition) is 1. The maximum Gasteiger partial charge on any atom is 0.0408 e. The summed E-state index contributed by atoms with van der Waals surface area (Å²) in [4.78, 5) is 0. The molecule has 0 unspecified atom stereocenters. The minimum atomic E-state index is 0.120. The van der Waals surface area contributed by atoms with Crippen molar-refractivity contribution in [1.29, 1.82) is 0 Å². The quantitative estimate of drug-likeness (QED) is 0.826. The lowest BCUT2D eigenvalue weighted by Gasteiger charge is -2.27. The molecular formula is C13H20ClN. The molecule has 0 aliphatic carbocycles. The van der Waals surface area contributed by atoms with E-state index in [9.17, 15) is 0 Å². The number of nitrogens with one attached hydrogen (secondary N) is 1. The standard InChI is InChI=1S/C13H20ClN/c1-10(2)15-9-13(3,4)11-6-5-7-12(14)8-11/h5-8,10,15H,9H2,1-4H3. The van der Waals surface area contributed by atoms with E-state index in [0.29, 0.717) is 6.04 Å². The zero-order chi connectivity index (χ0) is 11.5. The van der Waals surface area contributed by atoms with Gasteiger partial charge in [-0.25, -0.2) is 0 Å². The van der Waals surface area contributed by atoms with Gasteiger partial charge in [0.25, 0.3) is 0 Å². The van der Waals surface area contributed by atoms with E-state index in [4.69, 9.17) is 11.6 Å². The molecule has 0 fully saturated rings. The second-order valence-corrected chi connectivity index (χ2v) is 5.37. The van der Waals surface area contributed by atoms with Gasteiger partial charge in [-0.05, 0) is 17.7 Å². The van der Waals surface area contributed by atoms with E-state index in [1.165, 1.54) is 5.56 Å². The van der Waals surface area contributed by atoms with E-state index < -0.39 is 0 Å². The fourth-order valence-electron chi connectivity index (χ4n) is 1.47. The number of rotatable bonds is 4. The van der Waals surface area contributed by atoms with Gasteiger partial charge in [0.15, 0.2) is 0 Å². The van der Waals surface area contributed by atoms with E-state index in [2.05, 4.69) is 39.1 Å². The minimum absolute atomic E-state index is 0.120. The second-order valence-electron chi connectivity index (χ2n) is 4.93. The molecule has 1 rings (SSSR count). The Hall–Kier alpha value is -0.530. The Morgan fingerprint density at radius 3 is 2.53 bits per heavy atom. The van der Waals surface area contributed by atoms with Crippen molar-refractivity contribution in [3.63, 3.8) is 0 Å². The maximum atomic E-state index is 5.99. The van der Waals surface area contributed by atoms with Crippen molar-refractivity contribution in [3.8, 4) is 0 Å². The summed E-state index contributed by atoms with van der Waals surface area (Å²) in [6, 6.07) is 8.62. The fraction of sp³-hybridized carbons (Fsp3) is 0.538. The van der Waals surface area contributed by atoms with Gasteiger partial charge >= 0.3 is 0 Å². The van der Waals surface area contributed by atoms with Crippen molar-refractivity contribution >= 4 is 11.6 Å².